The highest BCUT2D eigenvalue weighted by Crippen LogP contribution is 2.24. The van der Waals surface area contributed by atoms with E-state index in [0.29, 0.717) is 18.0 Å². The number of aryl methyl sites for hydroxylation is 2. The van der Waals surface area contributed by atoms with Crippen LogP contribution in [0.15, 0.2) is 0 Å². The second-order valence-corrected chi connectivity index (χ2v) is 6.73. The Morgan fingerprint density at radius 3 is 2.67 bits per heavy atom. The van der Waals surface area contributed by atoms with Crippen molar-refractivity contribution in [1.82, 2.24) is 20.0 Å². The van der Waals surface area contributed by atoms with Gasteiger partial charge in [-0.25, -0.2) is 0 Å². The van der Waals surface area contributed by atoms with Gasteiger partial charge in [0.15, 0.2) is 0 Å². The summed E-state index contributed by atoms with van der Waals surface area (Å²) in [6.45, 7) is 12.0. The van der Waals surface area contributed by atoms with Crippen molar-refractivity contribution in [3.05, 3.63) is 16.4 Å². The molecule has 1 aliphatic rings. The summed E-state index contributed by atoms with van der Waals surface area (Å²) in [7, 11) is 1.91. The van der Waals surface area contributed by atoms with Crippen molar-refractivity contribution in [1.29, 1.82) is 0 Å². The van der Waals surface area contributed by atoms with Gasteiger partial charge in [0.05, 0.1) is 5.69 Å². The van der Waals surface area contributed by atoms with Crippen molar-refractivity contribution in [3.8, 4) is 0 Å². The molecule has 0 radical (unpaired) electrons. The highest BCUT2D eigenvalue weighted by Gasteiger charge is 2.30. The highest BCUT2D eigenvalue weighted by atomic mass is 35.5. The van der Waals surface area contributed by atoms with Gasteiger partial charge in [0, 0.05) is 44.3 Å². The van der Waals surface area contributed by atoms with Gasteiger partial charge in [0.25, 0.3) is 0 Å². The minimum absolute atomic E-state index is 0.577. The number of nitrogens with zero attached hydrogens (tertiary/aromatic N) is 3. The van der Waals surface area contributed by atoms with E-state index in [-0.39, 0.29) is 0 Å². The molecular weight excluding hydrogens is 284 g/mol. The molecule has 0 spiro atoms. The molecule has 0 amide bonds. The van der Waals surface area contributed by atoms with E-state index < -0.39 is 0 Å². The van der Waals surface area contributed by atoms with Crippen LogP contribution in [-0.4, -0.2) is 39.9 Å². The van der Waals surface area contributed by atoms with Crippen molar-refractivity contribution in [2.45, 2.75) is 59.2 Å². The molecule has 2 heterocycles. The van der Waals surface area contributed by atoms with Crippen LogP contribution in [0.2, 0.25) is 5.15 Å². The summed E-state index contributed by atoms with van der Waals surface area (Å²) in [4.78, 5) is 2.59. The smallest absolute Gasteiger partial charge is 0.131 e. The molecule has 1 saturated heterocycles. The van der Waals surface area contributed by atoms with Gasteiger partial charge in [-0.2, -0.15) is 5.10 Å². The summed E-state index contributed by atoms with van der Waals surface area (Å²) in [5.41, 5.74) is 2.23. The maximum absolute atomic E-state index is 6.41. The minimum Gasteiger partial charge on any atom is -0.311 e. The first-order valence-electron chi connectivity index (χ1n) is 8.13. The Morgan fingerprint density at radius 1 is 1.43 bits per heavy atom. The molecule has 3 atom stereocenters. The van der Waals surface area contributed by atoms with E-state index in [4.69, 9.17) is 11.6 Å². The molecule has 0 aliphatic carbocycles. The number of nitrogens with one attached hydrogen (secondary N) is 1. The van der Waals surface area contributed by atoms with Crippen molar-refractivity contribution in [3.63, 3.8) is 0 Å². The van der Waals surface area contributed by atoms with Crippen LogP contribution in [0.1, 0.15) is 44.9 Å². The molecule has 0 saturated carbocycles. The molecule has 0 aromatic carbocycles. The van der Waals surface area contributed by atoms with E-state index in [0.717, 1.165) is 36.9 Å². The van der Waals surface area contributed by atoms with Crippen LogP contribution in [-0.2, 0) is 13.6 Å². The maximum Gasteiger partial charge on any atom is 0.131 e. The minimum atomic E-state index is 0.577. The van der Waals surface area contributed by atoms with Crippen molar-refractivity contribution in [2.75, 3.05) is 13.1 Å². The van der Waals surface area contributed by atoms with E-state index >= 15 is 0 Å². The lowest BCUT2D eigenvalue weighted by molar-refractivity contribution is 0.0991. The molecule has 5 heteroatoms. The number of piperazine rings is 1. The zero-order valence-corrected chi connectivity index (χ0v) is 14.7. The predicted octanol–water partition coefficient (Wildman–Crippen LogP) is 2.98. The van der Waals surface area contributed by atoms with Crippen LogP contribution in [0.3, 0.4) is 0 Å². The van der Waals surface area contributed by atoms with Gasteiger partial charge < -0.3 is 5.32 Å². The second kappa shape index (κ2) is 7.12. The van der Waals surface area contributed by atoms with E-state index in [1.807, 2.05) is 7.05 Å². The van der Waals surface area contributed by atoms with Crippen molar-refractivity contribution in [2.24, 2.45) is 13.0 Å². The summed E-state index contributed by atoms with van der Waals surface area (Å²) in [5, 5.41) is 8.94. The Labute approximate surface area is 133 Å². The van der Waals surface area contributed by atoms with Gasteiger partial charge in [-0.15, -0.1) is 0 Å². The predicted molar refractivity (Wildman–Crippen MR) is 88.7 cm³/mol. The Kier molecular flexibility index (Phi) is 5.69. The van der Waals surface area contributed by atoms with E-state index in [9.17, 15) is 0 Å². The van der Waals surface area contributed by atoms with E-state index in [1.165, 1.54) is 12.0 Å². The SMILES string of the molecule is CCC(C)C1CN(Cc2c(C)nn(C)c2Cl)C(CC)CN1. The second-order valence-electron chi connectivity index (χ2n) is 6.37. The average Bonchev–Trinajstić information content (AvgIpc) is 2.72. The molecule has 3 unspecified atom stereocenters. The van der Waals surface area contributed by atoms with Gasteiger partial charge in [-0.1, -0.05) is 38.8 Å². The molecule has 1 aromatic rings. The number of aromatic nitrogens is 2. The maximum atomic E-state index is 6.41. The zero-order valence-electron chi connectivity index (χ0n) is 14.0. The van der Waals surface area contributed by atoms with Gasteiger partial charge in [-0.3, -0.25) is 9.58 Å². The molecule has 1 aliphatic heterocycles. The molecular formula is C16H29ClN4. The monoisotopic (exact) mass is 312 g/mol. The summed E-state index contributed by atoms with van der Waals surface area (Å²) in [6, 6.07) is 1.16. The number of halogens is 1. The van der Waals surface area contributed by atoms with Crippen LogP contribution in [0.5, 0.6) is 0 Å². The van der Waals surface area contributed by atoms with Gasteiger partial charge in [0.2, 0.25) is 0 Å². The van der Waals surface area contributed by atoms with Crippen LogP contribution in [0, 0.1) is 12.8 Å². The normalized spacial score (nSPS) is 25.2. The summed E-state index contributed by atoms with van der Waals surface area (Å²) in [6.07, 6.45) is 2.38. The number of hydrogen-bond donors (Lipinski definition) is 1. The fourth-order valence-electron chi connectivity index (χ4n) is 3.20. The number of rotatable bonds is 5. The molecule has 1 fully saturated rings. The van der Waals surface area contributed by atoms with E-state index in [2.05, 4.69) is 43.0 Å². The highest BCUT2D eigenvalue weighted by molar-refractivity contribution is 6.30. The fraction of sp³-hybridized carbons (Fsp3) is 0.812. The molecule has 1 aromatic heterocycles. The first kappa shape index (κ1) is 16.8. The standard InChI is InChI=1S/C16H29ClN4/c1-6-11(3)15-10-21(13(7-2)8-18-15)9-14-12(4)19-20(5)16(14)17/h11,13,15,18H,6-10H2,1-5H3. The zero-order chi connectivity index (χ0) is 15.6. The average molecular weight is 313 g/mol. The molecule has 120 valence electrons. The summed E-state index contributed by atoms with van der Waals surface area (Å²) < 4.78 is 1.78. The third-order valence-corrected chi connectivity index (χ3v) is 5.47. The third kappa shape index (κ3) is 3.61. The number of hydrogen-bond acceptors (Lipinski definition) is 3. The van der Waals surface area contributed by atoms with Crippen molar-refractivity contribution >= 4 is 11.6 Å². The molecule has 4 nitrogen and oxygen atoms in total. The van der Waals surface area contributed by atoms with Crippen LogP contribution in [0.25, 0.3) is 0 Å². The van der Waals surface area contributed by atoms with Gasteiger partial charge in [-0.05, 0) is 19.3 Å². The van der Waals surface area contributed by atoms with E-state index in [1.54, 1.807) is 4.68 Å². The summed E-state index contributed by atoms with van der Waals surface area (Å²) in [5.74, 6) is 0.704. The van der Waals surface area contributed by atoms with Crippen LogP contribution in [0.4, 0.5) is 0 Å². The quantitative estimate of drug-likeness (QED) is 0.907. The third-order valence-electron chi connectivity index (χ3n) is 5.00. The molecule has 2 rings (SSSR count). The Morgan fingerprint density at radius 2 is 2.14 bits per heavy atom. The summed E-state index contributed by atoms with van der Waals surface area (Å²) >= 11 is 6.41. The van der Waals surface area contributed by atoms with Crippen LogP contribution < -0.4 is 5.32 Å². The van der Waals surface area contributed by atoms with Gasteiger partial charge in [0.1, 0.15) is 5.15 Å². The lowest BCUT2D eigenvalue weighted by Crippen LogP contribution is -2.57. The lowest BCUT2D eigenvalue weighted by atomic mass is 9.94. The largest absolute Gasteiger partial charge is 0.311 e. The van der Waals surface area contributed by atoms with Crippen LogP contribution >= 0.6 is 11.6 Å². The van der Waals surface area contributed by atoms with Crippen molar-refractivity contribution < 1.29 is 0 Å². The lowest BCUT2D eigenvalue weighted by Gasteiger charge is -2.42. The Balaban J connectivity index is 2.14. The Hall–Kier alpha value is -0.580. The Bertz CT molecular complexity index is 471. The first-order chi connectivity index (χ1) is 9.97. The topological polar surface area (TPSA) is 33.1 Å². The molecule has 1 N–H and O–H groups in total. The fourth-order valence-corrected chi connectivity index (χ4v) is 3.44. The molecule has 21 heavy (non-hydrogen) atoms. The first-order valence-corrected chi connectivity index (χ1v) is 8.51. The van der Waals surface area contributed by atoms with Gasteiger partial charge >= 0.3 is 0 Å². The molecule has 0 bridgehead atoms.